The number of nitrogens with zero attached hydrogens (tertiary/aromatic N) is 2. The van der Waals surface area contributed by atoms with Gasteiger partial charge in [0.15, 0.2) is 0 Å². The zero-order chi connectivity index (χ0) is 19.4. The summed E-state index contributed by atoms with van der Waals surface area (Å²) in [6.45, 7) is 3.38. The number of hydrazone groups is 1. The number of carbonyl (C=O) groups excluding carboxylic acids is 1. The molecule has 1 N–H and O–H groups in total. The van der Waals surface area contributed by atoms with Crippen LogP contribution >= 0.6 is 27.5 Å². The van der Waals surface area contributed by atoms with Crippen LogP contribution in [0.4, 0.5) is 5.69 Å². The zero-order valence-corrected chi connectivity index (χ0v) is 17.5. The number of amides is 1. The van der Waals surface area contributed by atoms with Crippen molar-refractivity contribution in [3.05, 3.63) is 63.6 Å². The highest BCUT2D eigenvalue weighted by Crippen LogP contribution is 2.32. The van der Waals surface area contributed by atoms with Gasteiger partial charge in [-0.1, -0.05) is 39.7 Å². The van der Waals surface area contributed by atoms with Gasteiger partial charge in [0, 0.05) is 28.8 Å². The minimum absolute atomic E-state index is 0.113. The van der Waals surface area contributed by atoms with Gasteiger partial charge in [0.2, 0.25) is 5.91 Å². The van der Waals surface area contributed by atoms with E-state index >= 15 is 0 Å². The van der Waals surface area contributed by atoms with Crippen molar-refractivity contribution in [2.24, 2.45) is 10.5 Å². The van der Waals surface area contributed by atoms with Crippen molar-refractivity contribution >= 4 is 44.8 Å². The number of halogens is 2. The Morgan fingerprint density at radius 1 is 1.26 bits per heavy atom. The molecule has 2 aromatic rings. The van der Waals surface area contributed by atoms with Gasteiger partial charge in [0.1, 0.15) is 6.54 Å². The number of anilines is 1. The van der Waals surface area contributed by atoms with Gasteiger partial charge < -0.3 is 10.1 Å². The van der Waals surface area contributed by atoms with Crippen LogP contribution in [0.25, 0.3) is 0 Å². The van der Waals surface area contributed by atoms with Crippen LogP contribution in [0.15, 0.2) is 58.1 Å². The molecule has 142 valence electrons. The number of hydrogen-bond acceptors (Lipinski definition) is 4. The minimum atomic E-state index is -0.305. The second-order valence-corrected chi connectivity index (χ2v) is 8.18. The summed E-state index contributed by atoms with van der Waals surface area (Å²) in [5.41, 5.74) is 2.33. The van der Waals surface area contributed by atoms with Crippen LogP contribution in [0.1, 0.15) is 12.5 Å². The minimum Gasteiger partial charge on any atom is -0.384 e. The largest absolute Gasteiger partial charge is 0.384 e. The Balaban J connectivity index is 1.74. The molecular weight excluding hydrogens is 430 g/mol. The summed E-state index contributed by atoms with van der Waals surface area (Å²) >= 11 is 9.39. The quantitative estimate of drug-likeness (QED) is 0.709. The molecule has 1 heterocycles. The Hall–Kier alpha value is -1.89. The van der Waals surface area contributed by atoms with Gasteiger partial charge in [0.25, 0.3) is 0 Å². The van der Waals surface area contributed by atoms with E-state index in [0.29, 0.717) is 18.2 Å². The third-order valence-corrected chi connectivity index (χ3v) is 5.16. The molecule has 2 aromatic carbocycles. The molecule has 0 aromatic heterocycles. The zero-order valence-electron chi connectivity index (χ0n) is 15.2. The summed E-state index contributed by atoms with van der Waals surface area (Å²) in [5, 5.41) is 10.1. The van der Waals surface area contributed by atoms with E-state index in [2.05, 4.69) is 28.2 Å². The van der Waals surface area contributed by atoms with Crippen molar-refractivity contribution in [3.63, 3.8) is 0 Å². The Labute approximate surface area is 172 Å². The van der Waals surface area contributed by atoms with Crippen LogP contribution in [-0.2, 0) is 9.53 Å². The first-order valence-electron chi connectivity index (χ1n) is 8.54. The molecule has 0 fully saturated rings. The number of nitrogens with one attached hydrogen (secondary N) is 1. The maximum absolute atomic E-state index is 12.4. The van der Waals surface area contributed by atoms with Crippen molar-refractivity contribution in [2.45, 2.75) is 6.92 Å². The molecule has 7 heteroatoms. The fourth-order valence-electron chi connectivity index (χ4n) is 3.21. The Morgan fingerprint density at radius 2 is 1.93 bits per heavy atom. The fourth-order valence-corrected chi connectivity index (χ4v) is 3.60. The average molecular weight is 451 g/mol. The second-order valence-electron chi connectivity index (χ2n) is 6.83. The van der Waals surface area contributed by atoms with Gasteiger partial charge in [-0.15, -0.1) is 0 Å². The average Bonchev–Trinajstić information content (AvgIpc) is 2.94. The van der Waals surface area contributed by atoms with Crippen LogP contribution < -0.4 is 5.32 Å². The molecule has 0 bridgehead atoms. The van der Waals surface area contributed by atoms with Crippen LogP contribution in [0, 0.1) is 5.41 Å². The summed E-state index contributed by atoms with van der Waals surface area (Å²) < 4.78 is 6.39. The number of rotatable bonds is 6. The number of benzene rings is 2. The summed E-state index contributed by atoms with van der Waals surface area (Å²) in [6.07, 6.45) is 0. The topological polar surface area (TPSA) is 53.9 Å². The molecule has 0 saturated carbocycles. The van der Waals surface area contributed by atoms with E-state index in [4.69, 9.17) is 21.4 Å². The molecule has 27 heavy (non-hydrogen) atoms. The number of ether oxygens (including phenoxy) is 1. The van der Waals surface area contributed by atoms with E-state index in [1.165, 1.54) is 0 Å². The highest BCUT2D eigenvalue weighted by Gasteiger charge is 2.39. The van der Waals surface area contributed by atoms with Gasteiger partial charge in [-0.25, -0.2) is 0 Å². The van der Waals surface area contributed by atoms with E-state index in [1.54, 1.807) is 12.1 Å². The lowest BCUT2D eigenvalue weighted by atomic mass is 9.83. The Bertz CT molecular complexity index is 839. The molecule has 3 rings (SSSR count). The van der Waals surface area contributed by atoms with Gasteiger partial charge in [0.05, 0.1) is 17.7 Å². The second kappa shape index (κ2) is 8.42. The number of carbonyl (C=O) groups is 1. The van der Waals surface area contributed by atoms with E-state index in [-0.39, 0.29) is 17.9 Å². The third kappa shape index (κ3) is 4.89. The summed E-state index contributed by atoms with van der Waals surface area (Å²) in [7, 11) is 1.67. The molecule has 5 nitrogen and oxygen atoms in total. The van der Waals surface area contributed by atoms with Crippen LogP contribution in [0.5, 0.6) is 0 Å². The molecule has 0 aliphatic carbocycles. The van der Waals surface area contributed by atoms with Gasteiger partial charge in [-0.3, -0.25) is 9.80 Å². The molecule has 0 saturated heterocycles. The molecule has 1 amide bonds. The lowest BCUT2D eigenvalue weighted by Crippen LogP contribution is -2.37. The lowest BCUT2D eigenvalue weighted by Gasteiger charge is -2.25. The summed E-state index contributed by atoms with van der Waals surface area (Å²) in [4.78, 5) is 12.4. The van der Waals surface area contributed by atoms with E-state index in [1.807, 2.05) is 48.5 Å². The first-order valence-corrected chi connectivity index (χ1v) is 9.71. The standard InChI is InChI=1S/C20H21BrClN3O2/c1-20(13-27-2)12-25(24-19(20)14-3-7-16(22)8-4-14)11-18(26)23-17-9-5-15(21)6-10-17/h3-10H,11-13H2,1-2H3,(H,23,26). The highest BCUT2D eigenvalue weighted by atomic mass is 79.9. The van der Waals surface area contributed by atoms with Gasteiger partial charge in [-0.05, 0) is 48.9 Å². The smallest absolute Gasteiger partial charge is 0.245 e. The number of methoxy groups -OCH3 is 1. The van der Waals surface area contributed by atoms with Gasteiger partial charge >= 0.3 is 0 Å². The maximum Gasteiger partial charge on any atom is 0.245 e. The molecule has 1 aliphatic heterocycles. The number of hydrogen-bond donors (Lipinski definition) is 1. The maximum atomic E-state index is 12.4. The van der Waals surface area contributed by atoms with E-state index < -0.39 is 0 Å². The van der Waals surface area contributed by atoms with Crippen LogP contribution in [0.2, 0.25) is 5.02 Å². The van der Waals surface area contributed by atoms with Crippen molar-refractivity contribution in [1.29, 1.82) is 0 Å². The first kappa shape index (κ1) is 19.9. The lowest BCUT2D eigenvalue weighted by molar-refractivity contribution is -0.117. The van der Waals surface area contributed by atoms with E-state index in [9.17, 15) is 4.79 Å². The SMILES string of the molecule is COCC1(C)CN(CC(=O)Nc2ccc(Br)cc2)N=C1c1ccc(Cl)cc1. The Kier molecular flexibility index (Phi) is 6.19. The predicted octanol–water partition coefficient (Wildman–Crippen LogP) is 4.41. The molecule has 1 atom stereocenters. The molecular formula is C20H21BrClN3O2. The third-order valence-electron chi connectivity index (χ3n) is 4.38. The molecule has 0 radical (unpaired) electrons. The molecule has 0 spiro atoms. The van der Waals surface area contributed by atoms with Crippen LogP contribution in [-0.4, -0.2) is 43.4 Å². The highest BCUT2D eigenvalue weighted by molar-refractivity contribution is 9.10. The summed E-state index contributed by atoms with van der Waals surface area (Å²) in [5.74, 6) is -0.113. The molecule has 1 aliphatic rings. The van der Waals surface area contributed by atoms with E-state index in [0.717, 1.165) is 21.4 Å². The monoisotopic (exact) mass is 449 g/mol. The first-order chi connectivity index (χ1) is 12.9. The molecule has 1 unspecified atom stereocenters. The van der Waals surface area contributed by atoms with Crippen molar-refractivity contribution < 1.29 is 9.53 Å². The predicted molar refractivity (Wildman–Crippen MR) is 112 cm³/mol. The van der Waals surface area contributed by atoms with Crippen molar-refractivity contribution in [3.8, 4) is 0 Å². The van der Waals surface area contributed by atoms with Crippen molar-refractivity contribution in [1.82, 2.24) is 5.01 Å². The van der Waals surface area contributed by atoms with Crippen LogP contribution in [0.3, 0.4) is 0 Å². The normalized spacial score (nSPS) is 19.1. The Morgan fingerprint density at radius 3 is 2.56 bits per heavy atom. The fraction of sp³-hybridized carbons (Fsp3) is 0.300. The summed E-state index contributed by atoms with van der Waals surface area (Å²) in [6, 6.07) is 15.1. The van der Waals surface area contributed by atoms with Crippen molar-refractivity contribution in [2.75, 3.05) is 32.1 Å². The van der Waals surface area contributed by atoms with Gasteiger partial charge in [-0.2, -0.15) is 5.10 Å².